The Morgan fingerprint density at radius 2 is 2.26 bits per heavy atom. The molecule has 0 aliphatic carbocycles. The van der Waals surface area contributed by atoms with Gasteiger partial charge in [0, 0.05) is 47.2 Å². The minimum atomic E-state index is 0.452. The topological polar surface area (TPSA) is 63.8 Å². The van der Waals surface area contributed by atoms with E-state index in [2.05, 4.69) is 9.67 Å². The number of nitrogens with one attached hydrogen (secondary N) is 1. The van der Waals surface area contributed by atoms with Crippen LogP contribution in [0, 0.1) is 5.41 Å². The minimum Gasteiger partial charge on any atom is -0.492 e. The Balaban J connectivity index is 1.91. The number of benzene rings is 1. The number of hydrogen-bond acceptors (Lipinski definition) is 4. The van der Waals surface area contributed by atoms with Crippen LogP contribution in [-0.2, 0) is 13.0 Å². The number of nitrogens with zero attached hydrogens (tertiary/aromatic N) is 3. The molecule has 27 heavy (non-hydrogen) atoms. The van der Waals surface area contributed by atoms with Crippen LogP contribution in [0.5, 0.6) is 5.75 Å². The van der Waals surface area contributed by atoms with Crippen molar-refractivity contribution in [1.29, 1.82) is 5.41 Å². The van der Waals surface area contributed by atoms with Gasteiger partial charge in [0.1, 0.15) is 18.1 Å². The van der Waals surface area contributed by atoms with E-state index in [0.29, 0.717) is 12.5 Å². The van der Waals surface area contributed by atoms with E-state index in [4.69, 9.17) is 26.8 Å². The lowest BCUT2D eigenvalue weighted by Gasteiger charge is -2.11. The SMILES string of the molecule is CC=C(C=N)c1nn2c(c1-c1ccnc3cc(OCCCl)ccc13)CCC2. The number of aromatic nitrogens is 3. The predicted molar refractivity (Wildman–Crippen MR) is 110 cm³/mol. The van der Waals surface area contributed by atoms with Crippen LogP contribution in [0.4, 0.5) is 0 Å². The Labute approximate surface area is 163 Å². The summed E-state index contributed by atoms with van der Waals surface area (Å²) >= 11 is 5.72. The van der Waals surface area contributed by atoms with Gasteiger partial charge in [0.2, 0.25) is 0 Å². The van der Waals surface area contributed by atoms with Crippen LogP contribution >= 0.6 is 11.6 Å². The van der Waals surface area contributed by atoms with Gasteiger partial charge in [0.05, 0.1) is 11.4 Å². The summed E-state index contributed by atoms with van der Waals surface area (Å²) in [5.74, 6) is 1.22. The predicted octanol–water partition coefficient (Wildman–Crippen LogP) is 4.71. The molecule has 0 fully saturated rings. The highest BCUT2D eigenvalue weighted by Crippen LogP contribution is 2.38. The zero-order valence-electron chi connectivity index (χ0n) is 15.2. The van der Waals surface area contributed by atoms with Crippen LogP contribution in [0.2, 0.25) is 0 Å². The number of alkyl halides is 1. The van der Waals surface area contributed by atoms with Crippen molar-refractivity contribution in [1.82, 2.24) is 14.8 Å². The molecule has 0 spiro atoms. The Bertz CT molecular complexity index is 1040. The van der Waals surface area contributed by atoms with Crippen molar-refractivity contribution in [2.75, 3.05) is 12.5 Å². The lowest BCUT2D eigenvalue weighted by molar-refractivity contribution is 0.343. The molecule has 0 amide bonds. The van der Waals surface area contributed by atoms with Gasteiger partial charge in [-0.2, -0.15) is 5.10 Å². The number of ether oxygens (including phenoxy) is 1. The number of rotatable bonds is 6. The maximum absolute atomic E-state index is 7.78. The second-order valence-corrected chi connectivity index (χ2v) is 6.84. The van der Waals surface area contributed by atoms with Crippen LogP contribution < -0.4 is 4.74 Å². The van der Waals surface area contributed by atoms with Crippen LogP contribution in [0.15, 0.2) is 36.5 Å². The molecule has 0 bridgehead atoms. The number of halogens is 1. The highest BCUT2D eigenvalue weighted by Gasteiger charge is 2.25. The molecule has 3 aromatic rings. The normalized spacial score (nSPS) is 13.8. The zero-order valence-corrected chi connectivity index (χ0v) is 16.0. The van der Waals surface area contributed by atoms with Crippen molar-refractivity contribution in [2.24, 2.45) is 0 Å². The van der Waals surface area contributed by atoms with E-state index in [9.17, 15) is 0 Å². The summed E-state index contributed by atoms with van der Waals surface area (Å²) in [6.07, 6.45) is 7.24. The monoisotopic (exact) mass is 380 g/mol. The summed E-state index contributed by atoms with van der Waals surface area (Å²) < 4.78 is 7.72. The van der Waals surface area contributed by atoms with Crippen molar-refractivity contribution in [3.8, 4) is 16.9 Å². The van der Waals surface area contributed by atoms with Crippen molar-refractivity contribution < 1.29 is 4.74 Å². The number of fused-ring (bicyclic) bond motifs is 2. The van der Waals surface area contributed by atoms with Gasteiger partial charge in [-0.1, -0.05) is 6.08 Å². The van der Waals surface area contributed by atoms with E-state index in [-0.39, 0.29) is 0 Å². The number of hydrogen-bond donors (Lipinski definition) is 1. The molecule has 2 aromatic heterocycles. The Hall–Kier alpha value is -2.66. The molecular weight excluding hydrogens is 360 g/mol. The fourth-order valence-electron chi connectivity index (χ4n) is 3.70. The van der Waals surface area contributed by atoms with E-state index in [1.165, 1.54) is 11.9 Å². The van der Waals surface area contributed by atoms with Crippen molar-refractivity contribution in [2.45, 2.75) is 26.3 Å². The third-order valence-corrected chi connectivity index (χ3v) is 5.06. The molecule has 0 saturated carbocycles. The van der Waals surface area contributed by atoms with Crippen LogP contribution in [0.1, 0.15) is 24.7 Å². The average Bonchev–Trinajstić information content (AvgIpc) is 3.28. The summed E-state index contributed by atoms with van der Waals surface area (Å²) in [6.45, 7) is 3.34. The Kier molecular flexibility index (Phi) is 4.94. The number of allylic oxidation sites excluding steroid dienone is 2. The zero-order chi connectivity index (χ0) is 18.8. The van der Waals surface area contributed by atoms with Gasteiger partial charge in [-0.15, -0.1) is 11.6 Å². The van der Waals surface area contributed by atoms with Crippen molar-refractivity contribution in [3.05, 3.63) is 47.9 Å². The lowest BCUT2D eigenvalue weighted by atomic mass is 9.95. The van der Waals surface area contributed by atoms with Crippen LogP contribution in [-0.4, -0.2) is 33.5 Å². The van der Waals surface area contributed by atoms with Crippen molar-refractivity contribution >= 4 is 34.3 Å². The molecule has 0 atom stereocenters. The second-order valence-electron chi connectivity index (χ2n) is 6.46. The molecule has 1 aliphatic heterocycles. The Morgan fingerprint density at radius 1 is 1.37 bits per heavy atom. The molecule has 3 heterocycles. The van der Waals surface area contributed by atoms with E-state index < -0.39 is 0 Å². The third kappa shape index (κ3) is 3.12. The summed E-state index contributed by atoms with van der Waals surface area (Å²) in [5, 5.41) is 13.7. The van der Waals surface area contributed by atoms with E-state index in [1.54, 1.807) is 0 Å². The van der Waals surface area contributed by atoms with Crippen LogP contribution in [0.3, 0.4) is 0 Å². The maximum atomic E-state index is 7.78. The first kappa shape index (κ1) is 17.7. The average molecular weight is 381 g/mol. The van der Waals surface area contributed by atoms with Gasteiger partial charge in [-0.3, -0.25) is 9.67 Å². The molecule has 0 unspecified atom stereocenters. The van der Waals surface area contributed by atoms with E-state index in [1.807, 2.05) is 43.5 Å². The molecule has 6 heteroatoms. The van der Waals surface area contributed by atoms with Gasteiger partial charge in [-0.25, -0.2) is 0 Å². The smallest absolute Gasteiger partial charge is 0.121 e. The first-order chi connectivity index (χ1) is 13.3. The number of aryl methyl sites for hydroxylation is 1. The van der Waals surface area contributed by atoms with Gasteiger partial charge >= 0.3 is 0 Å². The fraction of sp³-hybridized carbons (Fsp3) is 0.286. The summed E-state index contributed by atoms with van der Waals surface area (Å²) in [6, 6.07) is 7.99. The highest BCUT2D eigenvalue weighted by molar-refractivity contribution is 6.18. The van der Waals surface area contributed by atoms with Gasteiger partial charge in [-0.05, 0) is 43.5 Å². The third-order valence-electron chi connectivity index (χ3n) is 4.91. The largest absolute Gasteiger partial charge is 0.492 e. The summed E-state index contributed by atoms with van der Waals surface area (Å²) in [5.41, 5.74) is 6.03. The maximum Gasteiger partial charge on any atom is 0.121 e. The molecule has 0 saturated heterocycles. The molecule has 1 N–H and O–H groups in total. The standard InChI is InChI=1S/C21H21ClN4O/c1-2-14(13-23)21-20(19-4-3-10-26(19)25-21)17-7-9-24-18-12-15(27-11-8-22)5-6-16(17)18/h2,5-7,9,12-13,23H,3-4,8,10-11H2,1H3. The number of pyridine rings is 1. The van der Waals surface area contributed by atoms with Crippen molar-refractivity contribution in [3.63, 3.8) is 0 Å². The van der Waals surface area contributed by atoms with Gasteiger partial charge in [0.15, 0.2) is 0 Å². The van der Waals surface area contributed by atoms with Crippen LogP contribution in [0.25, 0.3) is 27.6 Å². The Morgan fingerprint density at radius 3 is 3.04 bits per heavy atom. The van der Waals surface area contributed by atoms with E-state index >= 15 is 0 Å². The summed E-state index contributed by atoms with van der Waals surface area (Å²) in [4.78, 5) is 4.53. The minimum absolute atomic E-state index is 0.452. The quantitative estimate of drug-likeness (QED) is 0.497. The highest BCUT2D eigenvalue weighted by atomic mass is 35.5. The fourth-order valence-corrected chi connectivity index (χ4v) is 3.77. The molecular formula is C21H21ClN4O. The second kappa shape index (κ2) is 7.53. The molecule has 138 valence electrons. The summed E-state index contributed by atoms with van der Waals surface area (Å²) in [7, 11) is 0. The molecule has 1 aliphatic rings. The van der Waals surface area contributed by atoms with Gasteiger partial charge in [0.25, 0.3) is 0 Å². The molecule has 4 rings (SSSR count). The molecule has 0 radical (unpaired) electrons. The lowest BCUT2D eigenvalue weighted by Crippen LogP contribution is -1.98. The first-order valence-electron chi connectivity index (χ1n) is 9.11. The molecule has 5 nitrogen and oxygen atoms in total. The van der Waals surface area contributed by atoms with E-state index in [0.717, 1.165) is 58.4 Å². The first-order valence-corrected chi connectivity index (χ1v) is 9.65. The van der Waals surface area contributed by atoms with Gasteiger partial charge < -0.3 is 10.1 Å². The molecule has 1 aromatic carbocycles.